The predicted octanol–water partition coefficient (Wildman–Crippen LogP) is 5.25. The monoisotopic (exact) mass is 363 g/mol. The van der Waals surface area contributed by atoms with Crippen LogP contribution in [0.25, 0.3) is 22.0 Å². The van der Waals surface area contributed by atoms with Gasteiger partial charge in [-0.05, 0) is 48.7 Å². The standard InChI is InChI=1S/C23H26FN3/c1-4-19-13-20(14-25-19)26-15(2)16-5-7-21(22(24)12-16)17-6-8-23-18(11-17)9-10-27(23)3/h5-12,14-15,19,25-26H,4,13H2,1-3H3. The van der Waals surface area contributed by atoms with Crippen molar-refractivity contribution in [2.45, 2.75) is 38.8 Å². The molecular formula is C23H26FN3. The summed E-state index contributed by atoms with van der Waals surface area (Å²) in [6, 6.07) is 14.3. The molecule has 2 N–H and O–H groups in total. The van der Waals surface area contributed by atoms with E-state index >= 15 is 0 Å². The Balaban J connectivity index is 1.54. The summed E-state index contributed by atoms with van der Waals surface area (Å²) in [5, 5.41) is 8.00. The number of aromatic nitrogens is 1. The molecule has 140 valence electrons. The van der Waals surface area contributed by atoms with Crippen molar-refractivity contribution in [1.29, 1.82) is 0 Å². The highest BCUT2D eigenvalue weighted by Gasteiger charge is 2.17. The predicted molar refractivity (Wildman–Crippen MR) is 110 cm³/mol. The number of halogens is 1. The Morgan fingerprint density at radius 1 is 1.22 bits per heavy atom. The molecule has 2 atom stereocenters. The van der Waals surface area contributed by atoms with Gasteiger partial charge in [0.25, 0.3) is 0 Å². The summed E-state index contributed by atoms with van der Waals surface area (Å²) in [5.74, 6) is -0.179. The minimum absolute atomic E-state index is 0.0637. The normalized spacial score (nSPS) is 17.6. The molecule has 2 aromatic carbocycles. The SMILES string of the molecule is CCC1CC(NC(C)c2ccc(-c3ccc4c(ccn4C)c3)c(F)c2)=CN1. The van der Waals surface area contributed by atoms with E-state index in [0.29, 0.717) is 11.6 Å². The Morgan fingerprint density at radius 3 is 2.81 bits per heavy atom. The van der Waals surface area contributed by atoms with Gasteiger partial charge >= 0.3 is 0 Å². The van der Waals surface area contributed by atoms with Crippen molar-refractivity contribution < 1.29 is 4.39 Å². The molecule has 3 aromatic rings. The number of hydrogen-bond donors (Lipinski definition) is 2. The molecule has 2 unspecified atom stereocenters. The summed E-state index contributed by atoms with van der Waals surface area (Å²) < 4.78 is 16.9. The van der Waals surface area contributed by atoms with Gasteiger partial charge in [-0.3, -0.25) is 0 Å². The Kier molecular flexibility index (Phi) is 4.65. The van der Waals surface area contributed by atoms with Crippen LogP contribution in [0.3, 0.4) is 0 Å². The molecule has 4 rings (SSSR count). The maximum atomic E-state index is 14.9. The molecule has 0 saturated carbocycles. The summed E-state index contributed by atoms with van der Waals surface area (Å²) in [6.45, 7) is 4.25. The summed E-state index contributed by atoms with van der Waals surface area (Å²) in [7, 11) is 2.02. The first-order valence-corrected chi connectivity index (χ1v) is 9.61. The maximum absolute atomic E-state index is 14.9. The van der Waals surface area contributed by atoms with Gasteiger partial charge in [0.15, 0.2) is 0 Å². The molecule has 4 heteroatoms. The van der Waals surface area contributed by atoms with E-state index in [1.807, 2.05) is 43.7 Å². The van der Waals surface area contributed by atoms with E-state index < -0.39 is 0 Å². The van der Waals surface area contributed by atoms with Crippen molar-refractivity contribution in [2.75, 3.05) is 0 Å². The molecule has 0 radical (unpaired) electrons. The number of rotatable bonds is 5. The first kappa shape index (κ1) is 17.7. The van der Waals surface area contributed by atoms with Gasteiger partial charge in [-0.1, -0.05) is 25.1 Å². The van der Waals surface area contributed by atoms with Crippen LogP contribution < -0.4 is 10.6 Å². The van der Waals surface area contributed by atoms with Gasteiger partial charge in [0.2, 0.25) is 0 Å². The van der Waals surface area contributed by atoms with Gasteiger partial charge in [-0.2, -0.15) is 0 Å². The van der Waals surface area contributed by atoms with E-state index in [9.17, 15) is 4.39 Å². The van der Waals surface area contributed by atoms with Crippen LogP contribution >= 0.6 is 0 Å². The van der Waals surface area contributed by atoms with Crippen LogP contribution in [-0.2, 0) is 7.05 Å². The van der Waals surface area contributed by atoms with Crippen LogP contribution in [0.4, 0.5) is 4.39 Å². The zero-order chi connectivity index (χ0) is 19.0. The molecular weight excluding hydrogens is 337 g/mol. The summed E-state index contributed by atoms with van der Waals surface area (Å²) in [4.78, 5) is 0. The number of hydrogen-bond acceptors (Lipinski definition) is 2. The van der Waals surface area contributed by atoms with Gasteiger partial charge in [0.05, 0.1) is 0 Å². The van der Waals surface area contributed by atoms with Crippen LogP contribution in [0.15, 0.2) is 60.6 Å². The minimum atomic E-state index is -0.179. The third-order valence-corrected chi connectivity index (χ3v) is 5.54. The smallest absolute Gasteiger partial charge is 0.131 e. The lowest BCUT2D eigenvalue weighted by Crippen LogP contribution is -2.20. The first-order chi connectivity index (χ1) is 13.0. The molecule has 1 aromatic heterocycles. The zero-order valence-electron chi connectivity index (χ0n) is 16.1. The Bertz CT molecular complexity index is 1000. The highest BCUT2D eigenvalue weighted by Crippen LogP contribution is 2.29. The average Bonchev–Trinajstić information content (AvgIpc) is 3.28. The number of aryl methyl sites for hydroxylation is 1. The van der Waals surface area contributed by atoms with E-state index in [1.165, 1.54) is 5.70 Å². The van der Waals surface area contributed by atoms with Gasteiger partial charge in [-0.25, -0.2) is 4.39 Å². The summed E-state index contributed by atoms with van der Waals surface area (Å²) >= 11 is 0. The third-order valence-electron chi connectivity index (χ3n) is 5.54. The number of nitrogens with one attached hydrogen (secondary N) is 2. The molecule has 0 aliphatic carbocycles. The molecule has 0 fully saturated rings. The van der Waals surface area contributed by atoms with Gasteiger partial charge in [0, 0.05) is 60.1 Å². The largest absolute Gasteiger partial charge is 0.386 e. The van der Waals surface area contributed by atoms with Crippen LogP contribution in [0.1, 0.15) is 38.3 Å². The second-order valence-corrected chi connectivity index (χ2v) is 7.45. The Hall–Kier alpha value is -2.75. The molecule has 1 aliphatic heterocycles. The lowest BCUT2D eigenvalue weighted by atomic mass is 9.99. The molecule has 0 spiro atoms. The molecule has 27 heavy (non-hydrogen) atoms. The topological polar surface area (TPSA) is 29.0 Å². The molecule has 3 nitrogen and oxygen atoms in total. The van der Waals surface area contributed by atoms with E-state index in [2.05, 4.69) is 41.2 Å². The maximum Gasteiger partial charge on any atom is 0.131 e. The van der Waals surface area contributed by atoms with Crippen molar-refractivity contribution in [1.82, 2.24) is 15.2 Å². The zero-order valence-corrected chi connectivity index (χ0v) is 16.1. The highest BCUT2D eigenvalue weighted by molar-refractivity contribution is 5.85. The van der Waals surface area contributed by atoms with E-state index in [0.717, 1.165) is 34.9 Å². The lowest BCUT2D eigenvalue weighted by Gasteiger charge is -2.18. The van der Waals surface area contributed by atoms with Crippen molar-refractivity contribution >= 4 is 10.9 Å². The summed E-state index contributed by atoms with van der Waals surface area (Å²) in [6.07, 6.45) is 6.17. The number of fused-ring (bicyclic) bond motifs is 1. The lowest BCUT2D eigenvalue weighted by molar-refractivity contribution is 0.568. The fraction of sp³-hybridized carbons (Fsp3) is 0.304. The van der Waals surface area contributed by atoms with E-state index in [1.54, 1.807) is 6.07 Å². The first-order valence-electron chi connectivity index (χ1n) is 9.61. The molecule has 2 heterocycles. The highest BCUT2D eigenvalue weighted by atomic mass is 19.1. The Labute approximate surface area is 159 Å². The summed E-state index contributed by atoms with van der Waals surface area (Å²) in [5.41, 5.74) is 4.85. The molecule has 1 aliphatic rings. The van der Waals surface area contributed by atoms with Crippen LogP contribution in [0.5, 0.6) is 0 Å². The van der Waals surface area contributed by atoms with Crippen molar-refractivity contribution in [3.05, 3.63) is 71.9 Å². The fourth-order valence-corrected chi connectivity index (χ4v) is 3.81. The van der Waals surface area contributed by atoms with Gasteiger partial charge in [0.1, 0.15) is 5.82 Å². The van der Waals surface area contributed by atoms with Crippen molar-refractivity contribution in [3.8, 4) is 11.1 Å². The number of nitrogens with zero attached hydrogens (tertiary/aromatic N) is 1. The van der Waals surface area contributed by atoms with Crippen LogP contribution in [-0.4, -0.2) is 10.6 Å². The van der Waals surface area contributed by atoms with Gasteiger partial charge < -0.3 is 15.2 Å². The number of benzene rings is 2. The average molecular weight is 363 g/mol. The molecule has 0 amide bonds. The molecule has 0 bridgehead atoms. The minimum Gasteiger partial charge on any atom is -0.386 e. The van der Waals surface area contributed by atoms with E-state index in [-0.39, 0.29) is 11.9 Å². The van der Waals surface area contributed by atoms with Gasteiger partial charge in [-0.15, -0.1) is 0 Å². The fourth-order valence-electron chi connectivity index (χ4n) is 3.81. The second kappa shape index (κ2) is 7.10. The van der Waals surface area contributed by atoms with Crippen molar-refractivity contribution in [3.63, 3.8) is 0 Å². The van der Waals surface area contributed by atoms with Crippen LogP contribution in [0, 0.1) is 5.82 Å². The Morgan fingerprint density at radius 2 is 2.07 bits per heavy atom. The van der Waals surface area contributed by atoms with Crippen LogP contribution in [0.2, 0.25) is 0 Å². The third kappa shape index (κ3) is 3.44. The van der Waals surface area contributed by atoms with Crippen molar-refractivity contribution in [2.24, 2.45) is 7.05 Å². The molecule has 0 saturated heterocycles. The quantitative estimate of drug-likeness (QED) is 0.648. The second-order valence-electron chi connectivity index (χ2n) is 7.45. The van der Waals surface area contributed by atoms with E-state index in [4.69, 9.17) is 0 Å².